The van der Waals surface area contributed by atoms with Crippen molar-refractivity contribution in [3.05, 3.63) is 35.9 Å². The fraction of sp³-hybridized carbons (Fsp3) is 0.533. The van der Waals surface area contributed by atoms with E-state index in [9.17, 15) is 0 Å². The lowest BCUT2D eigenvalue weighted by molar-refractivity contribution is 0.142. The van der Waals surface area contributed by atoms with E-state index in [-0.39, 0.29) is 0 Å². The molecule has 1 aromatic rings. The maximum atomic E-state index is 5.44. The van der Waals surface area contributed by atoms with Gasteiger partial charge in [-0.3, -0.25) is 4.99 Å². The molecule has 0 bridgehead atoms. The number of nitrogens with zero attached hydrogens (tertiary/aromatic N) is 1. The number of hydrogen-bond donors (Lipinski definition) is 0. The molecule has 0 heterocycles. The first-order chi connectivity index (χ1) is 8.25. The highest BCUT2D eigenvalue weighted by Crippen LogP contribution is 2.09. The molecule has 0 atom stereocenters. The molecule has 0 aliphatic heterocycles. The average molecular weight is 233 g/mol. The van der Waals surface area contributed by atoms with Crippen LogP contribution in [-0.2, 0) is 4.74 Å². The van der Waals surface area contributed by atoms with Crippen LogP contribution in [0.5, 0.6) is 0 Å². The van der Waals surface area contributed by atoms with E-state index in [1.807, 2.05) is 6.07 Å². The average Bonchev–Trinajstić information content (AvgIpc) is 2.34. The van der Waals surface area contributed by atoms with Gasteiger partial charge in [-0.2, -0.15) is 0 Å². The fourth-order valence-electron chi connectivity index (χ4n) is 1.69. The topological polar surface area (TPSA) is 21.6 Å². The van der Waals surface area contributed by atoms with Gasteiger partial charge in [0.25, 0.3) is 0 Å². The van der Waals surface area contributed by atoms with Crippen molar-refractivity contribution in [2.75, 3.05) is 19.8 Å². The molecule has 0 aliphatic rings. The zero-order valence-electron chi connectivity index (χ0n) is 11.1. The largest absolute Gasteiger partial charge is 0.380 e. The summed E-state index contributed by atoms with van der Waals surface area (Å²) in [5.41, 5.74) is 2.39. The summed E-state index contributed by atoms with van der Waals surface area (Å²) in [5, 5.41) is 0. The van der Waals surface area contributed by atoms with Gasteiger partial charge in [-0.1, -0.05) is 51.1 Å². The minimum atomic E-state index is 0.448. The number of aliphatic imine (C=N–C) groups is 1. The van der Waals surface area contributed by atoms with Crippen molar-refractivity contribution in [1.82, 2.24) is 0 Å². The second kappa shape index (κ2) is 8.02. The van der Waals surface area contributed by atoms with Crippen LogP contribution in [0.3, 0.4) is 0 Å². The molecular weight excluding hydrogens is 210 g/mol. The van der Waals surface area contributed by atoms with E-state index in [2.05, 4.69) is 50.0 Å². The van der Waals surface area contributed by atoms with Gasteiger partial charge in [0, 0.05) is 12.3 Å². The summed E-state index contributed by atoms with van der Waals surface area (Å²) in [6, 6.07) is 10.4. The van der Waals surface area contributed by atoms with Crippen LogP contribution in [0.2, 0.25) is 0 Å². The van der Waals surface area contributed by atoms with Gasteiger partial charge in [-0.05, 0) is 17.9 Å². The number of benzene rings is 1. The van der Waals surface area contributed by atoms with E-state index in [0.717, 1.165) is 26.2 Å². The highest BCUT2D eigenvalue weighted by atomic mass is 16.5. The Kier molecular flexibility index (Phi) is 6.56. The summed E-state index contributed by atoms with van der Waals surface area (Å²) in [6.45, 7) is 8.78. The van der Waals surface area contributed by atoms with Gasteiger partial charge in [-0.15, -0.1) is 0 Å². The molecule has 0 fully saturated rings. The first kappa shape index (κ1) is 13.9. The van der Waals surface area contributed by atoms with E-state index in [1.165, 1.54) is 11.3 Å². The zero-order chi connectivity index (χ0) is 12.5. The lowest BCUT2D eigenvalue weighted by Crippen LogP contribution is -2.11. The standard InChI is InChI=1S/C15H23NO/c1-4-11-17-12-10-16-15(13(2)3)14-8-6-5-7-9-14/h5-9,13H,4,10-12H2,1-3H3. The van der Waals surface area contributed by atoms with Crippen LogP contribution >= 0.6 is 0 Å². The highest BCUT2D eigenvalue weighted by Gasteiger charge is 2.06. The Morgan fingerprint density at radius 3 is 2.47 bits per heavy atom. The van der Waals surface area contributed by atoms with Crippen molar-refractivity contribution < 1.29 is 4.74 Å². The second-order valence-electron chi connectivity index (χ2n) is 4.40. The van der Waals surface area contributed by atoms with Gasteiger partial charge in [0.15, 0.2) is 0 Å². The molecule has 1 aromatic carbocycles. The predicted molar refractivity (Wildman–Crippen MR) is 73.8 cm³/mol. The van der Waals surface area contributed by atoms with Crippen LogP contribution < -0.4 is 0 Å². The first-order valence-corrected chi connectivity index (χ1v) is 6.43. The molecule has 94 valence electrons. The molecule has 0 unspecified atom stereocenters. The number of ether oxygens (including phenoxy) is 1. The third-order valence-corrected chi connectivity index (χ3v) is 2.48. The Morgan fingerprint density at radius 1 is 1.18 bits per heavy atom. The quantitative estimate of drug-likeness (QED) is 0.521. The summed E-state index contributed by atoms with van der Waals surface area (Å²) in [7, 11) is 0. The lowest BCUT2D eigenvalue weighted by atomic mass is 10.00. The molecule has 2 nitrogen and oxygen atoms in total. The molecule has 0 spiro atoms. The van der Waals surface area contributed by atoms with Crippen LogP contribution in [-0.4, -0.2) is 25.5 Å². The molecule has 1 rings (SSSR count). The molecule has 0 radical (unpaired) electrons. The van der Waals surface area contributed by atoms with Crippen LogP contribution in [0.4, 0.5) is 0 Å². The van der Waals surface area contributed by atoms with E-state index in [0.29, 0.717) is 5.92 Å². The first-order valence-electron chi connectivity index (χ1n) is 6.43. The SMILES string of the molecule is CCCOCCN=C(c1ccccc1)C(C)C. The van der Waals surface area contributed by atoms with Crippen LogP contribution in [0.1, 0.15) is 32.8 Å². The van der Waals surface area contributed by atoms with Crippen LogP contribution in [0.15, 0.2) is 35.3 Å². The number of hydrogen-bond acceptors (Lipinski definition) is 2. The van der Waals surface area contributed by atoms with Crippen LogP contribution in [0.25, 0.3) is 0 Å². The van der Waals surface area contributed by atoms with Gasteiger partial charge in [0.2, 0.25) is 0 Å². The maximum Gasteiger partial charge on any atom is 0.0662 e. The minimum absolute atomic E-state index is 0.448. The van der Waals surface area contributed by atoms with Crippen molar-refractivity contribution in [2.24, 2.45) is 10.9 Å². The van der Waals surface area contributed by atoms with Gasteiger partial charge >= 0.3 is 0 Å². The van der Waals surface area contributed by atoms with Crippen molar-refractivity contribution >= 4 is 5.71 Å². The Morgan fingerprint density at radius 2 is 1.88 bits per heavy atom. The van der Waals surface area contributed by atoms with Crippen molar-refractivity contribution in [2.45, 2.75) is 27.2 Å². The Bertz CT molecular complexity index is 330. The molecular formula is C15H23NO. The summed E-state index contributed by atoms with van der Waals surface area (Å²) in [4.78, 5) is 4.66. The van der Waals surface area contributed by atoms with Crippen LogP contribution in [0, 0.1) is 5.92 Å². The monoisotopic (exact) mass is 233 g/mol. The van der Waals surface area contributed by atoms with E-state index in [4.69, 9.17) is 4.74 Å². The Labute approximate surface area is 105 Å². The summed E-state index contributed by atoms with van der Waals surface area (Å²) < 4.78 is 5.44. The molecule has 0 aromatic heterocycles. The zero-order valence-corrected chi connectivity index (χ0v) is 11.1. The van der Waals surface area contributed by atoms with Crippen molar-refractivity contribution in [3.8, 4) is 0 Å². The van der Waals surface area contributed by atoms with Gasteiger partial charge in [0.1, 0.15) is 0 Å². The smallest absolute Gasteiger partial charge is 0.0662 e. The van der Waals surface area contributed by atoms with Crippen molar-refractivity contribution in [3.63, 3.8) is 0 Å². The van der Waals surface area contributed by atoms with Gasteiger partial charge < -0.3 is 4.74 Å². The highest BCUT2D eigenvalue weighted by molar-refractivity contribution is 6.01. The minimum Gasteiger partial charge on any atom is -0.380 e. The second-order valence-corrected chi connectivity index (χ2v) is 4.40. The van der Waals surface area contributed by atoms with Crippen molar-refractivity contribution in [1.29, 1.82) is 0 Å². The fourth-order valence-corrected chi connectivity index (χ4v) is 1.69. The molecule has 0 N–H and O–H groups in total. The molecule has 17 heavy (non-hydrogen) atoms. The Balaban J connectivity index is 2.57. The normalized spacial score (nSPS) is 12.1. The van der Waals surface area contributed by atoms with Gasteiger partial charge in [-0.25, -0.2) is 0 Å². The van der Waals surface area contributed by atoms with Gasteiger partial charge in [0.05, 0.1) is 13.2 Å². The van der Waals surface area contributed by atoms with E-state index >= 15 is 0 Å². The molecule has 0 saturated heterocycles. The molecule has 0 aliphatic carbocycles. The molecule has 0 amide bonds. The molecule has 0 saturated carbocycles. The maximum absolute atomic E-state index is 5.44. The summed E-state index contributed by atoms with van der Waals surface area (Å²) >= 11 is 0. The number of rotatable bonds is 7. The molecule has 2 heteroatoms. The summed E-state index contributed by atoms with van der Waals surface area (Å²) in [5.74, 6) is 0.448. The Hall–Kier alpha value is -1.15. The van der Waals surface area contributed by atoms with E-state index < -0.39 is 0 Å². The predicted octanol–water partition coefficient (Wildman–Crippen LogP) is 3.56. The lowest BCUT2D eigenvalue weighted by Gasteiger charge is -2.10. The van der Waals surface area contributed by atoms with E-state index in [1.54, 1.807) is 0 Å². The third-order valence-electron chi connectivity index (χ3n) is 2.48. The summed E-state index contributed by atoms with van der Waals surface area (Å²) in [6.07, 6.45) is 1.07. The third kappa shape index (κ3) is 5.14.